The SMILES string of the molecule is COCCCn1c([C@@H]2CCCN(C(=O)C[C@@H](Cc3ccc(-n4c(=O)[nH]c5cccc(C)c54)cc3)N(C(=O)O)C(C)(C)C)C2)nc2ccccc21. The molecule has 1 aliphatic heterocycles. The van der Waals surface area contributed by atoms with Gasteiger partial charge in [0.25, 0.3) is 0 Å². The molecule has 0 unspecified atom stereocenters. The number of hydrogen-bond donors (Lipinski definition) is 2. The molecule has 0 bridgehead atoms. The van der Waals surface area contributed by atoms with Crippen molar-refractivity contribution in [2.75, 3.05) is 26.8 Å². The maximum atomic E-state index is 14.1. The standard InChI is InChI=1S/C39H48N6O5/c1-26-11-8-14-32-35(26)44(37(47)41-32)29-18-16-27(17-19-29)23-30(45(38(48)49)39(2,3)4)24-34(46)42-20-9-12-28(25-42)36-40-31-13-6-7-15-33(31)43(36)21-10-22-50-5/h6-8,11,13-19,28,30H,9-10,12,20-25H2,1-5H3,(H,41,47)(H,48,49)/t28-,30-/m1/s1. The summed E-state index contributed by atoms with van der Waals surface area (Å²) in [5, 5.41) is 10.4. The van der Waals surface area contributed by atoms with Gasteiger partial charge in [-0.1, -0.05) is 36.4 Å². The van der Waals surface area contributed by atoms with E-state index in [0.717, 1.165) is 64.8 Å². The minimum atomic E-state index is -1.06. The number of carboxylic acid groups (broad SMARTS) is 1. The van der Waals surface area contributed by atoms with E-state index < -0.39 is 17.7 Å². The van der Waals surface area contributed by atoms with E-state index in [1.807, 2.05) is 93.3 Å². The van der Waals surface area contributed by atoms with Crippen molar-refractivity contribution in [3.8, 4) is 5.69 Å². The van der Waals surface area contributed by atoms with Gasteiger partial charge in [-0.25, -0.2) is 14.6 Å². The molecule has 5 aromatic rings. The average molecular weight is 681 g/mol. The van der Waals surface area contributed by atoms with E-state index in [-0.39, 0.29) is 23.9 Å². The monoisotopic (exact) mass is 680 g/mol. The van der Waals surface area contributed by atoms with Crippen molar-refractivity contribution in [3.63, 3.8) is 0 Å². The van der Waals surface area contributed by atoms with E-state index in [1.165, 1.54) is 4.90 Å². The predicted molar refractivity (Wildman–Crippen MR) is 195 cm³/mol. The number of methoxy groups -OCH3 is 1. The van der Waals surface area contributed by atoms with Gasteiger partial charge in [0.1, 0.15) is 5.82 Å². The van der Waals surface area contributed by atoms with Crippen LogP contribution in [0.1, 0.15) is 69.3 Å². The summed E-state index contributed by atoms with van der Waals surface area (Å²) in [4.78, 5) is 51.1. The summed E-state index contributed by atoms with van der Waals surface area (Å²) in [7, 11) is 1.71. The Hall–Kier alpha value is -4.90. The van der Waals surface area contributed by atoms with Crippen molar-refractivity contribution in [2.45, 2.75) is 83.8 Å². The molecule has 0 spiro atoms. The second-order valence-electron chi connectivity index (χ2n) is 14.4. The number of H-pyrrole nitrogens is 1. The molecule has 264 valence electrons. The Morgan fingerprint density at radius 3 is 2.56 bits per heavy atom. The van der Waals surface area contributed by atoms with Gasteiger partial charge in [-0.3, -0.25) is 14.3 Å². The molecule has 0 radical (unpaired) electrons. The molecule has 3 heterocycles. The third-order valence-electron chi connectivity index (χ3n) is 9.83. The average Bonchev–Trinajstić information content (AvgIpc) is 3.62. The van der Waals surface area contributed by atoms with Gasteiger partial charge in [0.05, 0.1) is 27.8 Å². The van der Waals surface area contributed by atoms with Gasteiger partial charge in [-0.2, -0.15) is 0 Å². The summed E-state index contributed by atoms with van der Waals surface area (Å²) in [5.74, 6) is 1.00. The predicted octanol–water partition coefficient (Wildman–Crippen LogP) is 6.50. The van der Waals surface area contributed by atoms with Crippen molar-refractivity contribution in [2.24, 2.45) is 0 Å². The first-order valence-electron chi connectivity index (χ1n) is 17.5. The topological polar surface area (TPSA) is 126 Å². The van der Waals surface area contributed by atoms with Crippen LogP contribution < -0.4 is 5.69 Å². The number of benzene rings is 3. The molecule has 2 aromatic heterocycles. The number of imidazole rings is 2. The number of aromatic amines is 1. The lowest BCUT2D eigenvalue weighted by atomic mass is 9.93. The number of fused-ring (bicyclic) bond motifs is 2. The molecule has 1 fully saturated rings. The van der Waals surface area contributed by atoms with Crippen molar-refractivity contribution >= 4 is 34.1 Å². The lowest BCUT2D eigenvalue weighted by Gasteiger charge is -2.41. The molecule has 0 saturated carbocycles. The van der Waals surface area contributed by atoms with Gasteiger partial charge in [-0.05, 0) is 94.8 Å². The number of nitrogens with zero attached hydrogens (tertiary/aromatic N) is 5. The van der Waals surface area contributed by atoms with E-state index in [9.17, 15) is 19.5 Å². The summed E-state index contributed by atoms with van der Waals surface area (Å²) in [6.45, 7) is 10.1. The number of likely N-dealkylation sites (tertiary alicyclic amines) is 1. The third kappa shape index (κ3) is 7.19. The van der Waals surface area contributed by atoms with Crippen molar-refractivity contribution in [3.05, 3.63) is 94.2 Å². The molecule has 2 N–H and O–H groups in total. The fraction of sp³-hybridized carbons (Fsp3) is 0.436. The molecule has 1 saturated heterocycles. The Kier molecular flexibility index (Phi) is 10.2. The number of aryl methyl sites for hydroxylation is 2. The summed E-state index contributed by atoms with van der Waals surface area (Å²) in [6.07, 6.45) is 1.98. The maximum absolute atomic E-state index is 14.1. The van der Waals surface area contributed by atoms with Crippen molar-refractivity contribution < 1.29 is 19.4 Å². The molecule has 3 aromatic carbocycles. The first-order chi connectivity index (χ1) is 24.0. The third-order valence-corrected chi connectivity index (χ3v) is 9.83. The number of aromatic nitrogens is 4. The molecule has 50 heavy (non-hydrogen) atoms. The van der Waals surface area contributed by atoms with Crippen LogP contribution >= 0.6 is 0 Å². The normalized spacial score (nSPS) is 15.9. The van der Waals surface area contributed by atoms with Gasteiger partial charge in [0, 0.05) is 57.3 Å². The van der Waals surface area contributed by atoms with Crippen LogP contribution in [0.15, 0.2) is 71.5 Å². The smallest absolute Gasteiger partial charge is 0.408 e. The summed E-state index contributed by atoms with van der Waals surface area (Å²) >= 11 is 0. The minimum absolute atomic E-state index is 0.0589. The van der Waals surface area contributed by atoms with Crippen molar-refractivity contribution in [1.29, 1.82) is 0 Å². The van der Waals surface area contributed by atoms with Crippen LogP contribution in [-0.2, 0) is 22.5 Å². The van der Waals surface area contributed by atoms with Crippen LogP contribution in [0.4, 0.5) is 4.79 Å². The molecule has 1 aliphatic rings. The van der Waals surface area contributed by atoms with Crippen LogP contribution in [0, 0.1) is 6.92 Å². The van der Waals surface area contributed by atoms with Gasteiger partial charge in [0.15, 0.2) is 0 Å². The van der Waals surface area contributed by atoms with Gasteiger partial charge >= 0.3 is 11.8 Å². The maximum Gasteiger partial charge on any atom is 0.408 e. The van der Waals surface area contributed by atoms with E-state index in [0.29, 0.717) is 31.8 Å². The Labute approximate surface area is 292 Å². The molecule has 0 aliphatic carbocycles. The van der Waals surface area contributed by atoms with E-state index in [2.05, 4.69) is 15.6 Å². The minimum Gasteiger partial charge on any atom is -0.465 e. The molecule has 11 heteroatoms. The largest absolute Gasteiger partial charge is 0.465 e. The zero-order valence-corrected chi connectivity index (χ0v) is 29.7. The van der Waals surface area contributed by atoms with E-state index >= 15 is 0 Å². The Balaban J connectivity index is 1.24. The summed E-state index contributed by atoms with van der Waals surface area (Å²) in [6, 6.07) is 20.9. The van der Waals surface area contributed by atoms with Gasteiger partial charge in [-0.15, -0.1) is 0 Å². The fourth-order valence-electron chi connectivity index (χ4n) is 7.63. The van der Waals surface area contributed by atoms with Crippen LogP contribution in [0.3, 0.4) is 0 Å². The molecule has 6 rings (SSSR count). The van der Waals surface area contributed by atoms with Gasteiger partial charge < -0.3 is 24.3 Å². The quantitative estimate of drug-likeness (QED) is 0.154. The first-order valence-corrected chi connectivity index (χ1v) is 17.5. The number of piperidine rings is 1. The number of ether oxygens (including phenoxy) is 1. The second-order valence-corrected chi connectivity index (χ2v) is 14.4. The van der Waals surface area contributed by atoms with Crippen LogP contribution in [0.25, 0.3) is 27.8 Å². The molecule has 2 atom stereocenters. The number of carbonyl (C=O) groups excluding carboxylic acids is 1. The lowest BCUT2D eigenvalue weighted by molar-refractivity contribution is -0.134. The molecular formula is C39H48N6O5. The Bertz CT molecular complexity index is 2040. The second kappa shape index (κ2) is 14.5. The van der Waals surface area contributed by atoms with Crippen molar-refractivity contribution in [1.82, 2.24) is 28.9 Å². The van der Waals surface area contributed by atoms with Crippen LogP contribution in [-0.4, -0.2) is 84.4 Å². The summed E-state index contributed by atoms with van der Waals surface area (Å²) < 4.78 is 9.26. The zero-order chi connectivity index (χ0) is 35.6. The zero-order valence-electron chi connectivity index (χ0n) is 29.7. The molecular weight excluding hydrogens is 632 g/mol. The fourth-order valence-corrected chi connectivity index (χ4v) is 7.63. The number of amides is 2. The molecule has 2 amide bonds. The molecule has 11 nitrogen and oxygen atoms in total. The number of nitrogens with one attached hydrogen (secondary N) is 1. The first kappa shape index (κ1) is 34.9. The Morgan fingerprint density at radius 1 is 1.08 bits per heavy atom. The highest BCUT2D eigenvalue weighted by atomic mass is 16.5. The lowest BCUT2D eigenvalue weighted by Crippen LogP contribution is -2.54. The number of para-hydroxylation sites is 3. The number of carbonyl (C=O) groups is 2. The highest BCUT2D eigenvalue weighted by Crippen LogP contribution is 2.31. The van der Waals surface area contributed by atoms with E-state index in [1.54, 1.807) is 11.7 Å². The Morgan fingerprint density at radius 2 is 1.84 bits per heavy atom. The van der Waals surface area contributed by atoms with E-state index in [4.69, 9.17) is 9.72 Å². The number of rotatable bonds is 11. The number of hydrogen-bond acceptors (Lipinski definition) is 5. The highest BCUT2D eigenvalue weighted by Gasteiger charge is 2.37. The highest BCUT2D eigenvalue weighted by molar-refractivity contribution is 5.81. The van der Waals surface area contributed by atoms with Gasteiger partial charge in [0.2, 0.25) is 5.91 Å². The van der Waals surface area contributed by atoms with Crippen LogP contribution in [0.5, 0.6) is 0 Å². The van der Waals surface area contributed by atoms with Crippen LogP contribution in [0.2, 0.25) is 0 Å². The summed E-state index contributed by atoms with van der Waals surface area (Å²) in [5.41, 5.74) is 5.24.